The Morgan fingerprint density at radius 3 is 3.22 bits per heavy atom. The fourth-order valence-electron chi connectivity index (χ4n) is 0.423. The lowest BCUT2D eigenvalue weighted by atomic mass is 10.3. The van der Waals surface area contributed by atoms with Crippen LogP contribution in [0.4, 0.5) is 4.39 Å². The third kappa shape index (κ3) is 1.48. The molecule has 1 heterocycles. The summed E-state index contributed by atoms with van der Waals surface area (Å²) in [5, 5.41) is 0. The molecule has 0 atom stereocenters. The molecule has 9 heavy (non-hydrogen) atoms. The molecule has 0 radical (unpaired) electrons. The Morgan fingerprint density at radius 2 is 2.67 bits per heavy atom. The van der Waals surface area contributed by atoms with E-state index in [1.165, 1.54) is 12.3 Å². The lowest BCUT2D eigenvalue weighted by Gasteiger charge is -1.92. The van der Waals surface area contributed by atoms with Gasteiger partial charge in [-0.25, -0.2) is 4.98 Å². The summed E-state index contributed by atoms with van der Waals surface area (Å²) in [6.07, 6.45) is 1.21. The maximum absolute atomic E-state index is 12.8. The molecule has 1 rings (SSSR count). The Kier molecular flexibility index (Phi) is 0.990. The van der Waals surface area contributed by atoms with Crippen LogP contribution in [0.3, 0.4) is 0 Å². The minimum Gasteiger partial charge on any atom is -0.227 e. The lowest BCUT2D eigenvalue weighted by molar-refractivity contribution is 0.574. The van der Waals surface area contributed by atoms with E-state index in [2.05, 4.69) is 20.9 Å². The van der Waals surface area contributed by atoms with Gasteiger partial charge in [-0.2, -0.15) is 4.39 Å². The predicted octanol–water partition coefficient (Wildman–Crippen LogP) is 2.29. The van der Waals surface area contributed by atoms with Crippen LogP contribution in [0.15, 0.2) is 16.7 Å². The Labute approximate surface area is 65.3 Å². The molecular weight excluding hydrogens is 185 g/mol. The zero-order valence-electron chi connectivity index (χ0n) is 7.36. The van der Waals surface area contributed by atoms with Crippen LogP contribution in [-0.2, 0) is 0 Å². The van der Waals surface area contributed by atoms with E-state index in [-0.39, 0.29) is 5.56 Å². The van der Waals surface area contributed by atoms with Crippen molar-refractivity contribution >= 4 is 15.9 Å². The number of hydrogen-bond donors (Lipinski definition) is 0. The molecule has 0 aliphatic carbocycles. The first kappa shape index (κ1) is 3.66. The van der Waals surface area contributed by atoms with Crippen molar-refractivity contribution in [3.8, 4) is 0 Å². The second-order valence-electron chi connectivity index (χ2n) is 1.49. The molecule has 48 valence electrons. The Balaban J connectivity index is 3.23. The minimum absolute atomic E-state index is 0.364. The molecule has 0 unspecified atom stereocenters. The number of nitrogens with zero attached hydrogens (tertiary/aromatic N) is 1. The minimum atomic E-state index is -2.44. The average Bonchev–Trinajstić information content (AvgIpc) is 1.92. The summed E-state index contributed by atoms with van der Waals surface area (Å²) in [6, 6.07) is 1.20. The summed E-state index contributed by atoms with van der Waals surface area (Å²) in [6.45, 7) is -2.44. The number of aromatic nitrogens is 1. The third-order valence-corrected chi connectivity index (χ3v) is 1.24. The van der Waals surface area contributed by atoms with Gasteiger partial charge in [0, 0.05) is 20.3 Å². The van der Waals surface area contributed by atoms with Gasteiger partial charge in [-0.15, -0.1) is 0 Å². The van der Waals surface area contributed by atoms with Crippen LogP contribution in [-0.4, -0.2) is 4.98 Å². The Hall–Kier alpha value is -0.440. The third-order valence-electron chi connectivity index (χ3n) is 0.806. The summed E-state index contributed by atoms with van der Waals surface area (Å²) in [7, 11) is 0. The van der Waals surface area contributed by atoms with Gasteiger partial charge in [0.1, 0.15) is 0 Å². The van der Waals surface area contributed by atoms with Crippen LogP contribution < -0.4 is 0 Å². The van der Waals surface area contributed by atoms with E-state index < -0.39 is 12.8 Å². The van der Waals surface area contributed by atoms with E-state index in [4.69, 9.17) is 4.11 Å². The van der Waals surface area contributed by atoms with Crippen LogP contribution in [0.1, 0.15) is 9.68 Å². The average molecular weight is 193 g/mol. The van der Waals surface area contributed by atoms with Gasteiger partial charge in [-0.1, -0.05) is 0 Å². The van der Waals surface area contributed by atoms with Gasteiger partial charge in [-0.3, -0.25) is 0 Å². The molecule has 0 amide bonds. The standard InChI is InChI=1S/C6H5BrFN/c1-4-2-5(7)3-9-6(4)8/h2-3H,1H3/i1D3. The van der Waals surface area contributed by atoms with Crippen LogP contribution in [0.5, 0.6) is 0 Å². The fourth-order valence-corrected chi connectivity index (χ4v) is 0.754. The van der Waals surface area contributed by atoms with Gasteiger partial charge in [0.2, 0.25) is 5.95 Å². The summed E-state index contributed by atoms with van der Waals surface area (Å²) in [4.78, 5) is 3.27. The quantitative estimate of drug-likeness (QED) is 0.576. The molecule has 0 aliphatic heterocycles. The number of aryl methyl sites for hydroxylation is 1. The number of pyridine rings is 1. The lowest BCUT2D eigenvalue weighted by Crippen LogP contribution is -1.85. The zero-order valence-corrected chi connectivity index (χ0v) is 5.94. The highest BCUT2D eigenvalue weighted by atomic mass is 79.9. The highest BCUT2D eigenvalue weighted by Crippen LogP contribution is 2.10. The Bertz CT molecular complexity index is 299. The largest absolute Gasteiger partial charge is 0.227 e. The maximum Gasteiger partial charge on any atom is 0.215 e. The second kappa shape index (κ2) is 2.43. The van der Waals surface area contributed by atoms with Crippen LogP contribution in [0.25, 0.3) is 0 Å². The second-order valence-corrected chi connectivity index (χ2v) is 2.41. The maximum atomic E-state index is 12.8. The molecule has 1 nitrogen and oxygen atoms in total. The molecule has 0 fully saturated rings. The van der Waals surface area contributed by atoms with Crippen LogP contribution >= 0.6 is 15.9 Å². The van der Waals surface area contributed by atoms with Crippen molar-refractivity contribution in [3.63, 3.8) is 0 Å². The predicted molar refractivity (Wildman–Crippen MR) is 36.6 cm³/mol. The molecule has 3 heteroatoms. The molecule has 0 N–H and O–H groups in total. The smallest absolute Gasteiger partial charge is 0.215 e. The molecule has 0 aliphatic rings. The van der Waals surface area contributed by atoms with E-state index in [1.807, 2.05) is 0 Å². The van der Waals surface area contributed by atoms with Crippen molar-refractivity contribution in [2.24, 2.45) is 0 Å². The molecule has 1 aromatic heterocycles. The van der Waals surface area contributed by atoms with Crippen molar-refractivity contribution in [1.82, 2.24) is 4.98 Å². The first-order valence-electron chi connectivity index (χ1n) is 3.73. The molecule has 0 bridgehead atoms. The van der Waals surface area contributed by atoms with Crippen molar-refractivity contribution in [2.75, 3.05) is 0 Å². The van der Waals surface area contributed by atoms with Crippen molar-refractivity contribution < 1.29 is 8.50 Å². The number of halogens is 2. The SMILES string of the molecule is [2H]C([2H])([2H])c1cc(Br)cnc1F. The van der Waals surface area contributed by atoms with Crippen LogP contribution in [0.2, 0.25) is 0 Å². The van der Waals surface area contributed by atoms with Gasteiger partial charge in [0.15, 0.2) is 0 Å². The summed E-state index contributed by atoms with van der Waals surface area (Å²) in [5.41, 5.74) is -0.364. The van der Waals surface area contributed by atoms with Crippen molar-refractivity contribution in [2.45, 2.75) is 6.85 Å². The number of rotatable bonds is 0. The van der Waals surface area contributed by atoms with Gasteiger partial charge in [0.05, 0.1) is 0 Å². The molecule has 0 spiro atoms. The normalized spacial score (nSPS) is 16.0. The highest BCUT2D eigenvalue weighted by Gasteiger charge is 1.95. The van der Waals surface area contributed by atoms with E-state index in [9.17, 15) is 4.39 Å². The van der Waals surface area contributed by atoms with Gasteiger partial charge < -0.3 is 0 Å². The topological polar surface area (TPSA) is 12.9 Å². The molecule has 0 saturated carbocycles. The summed E-state index contributed by atoms with van der Waals surface area (Å²) in [5.74, 6) is -0.946. The molecule has 1 aromatic rings. The zero-order chi connectivity index (χ0) is 9.35. The fraction of sp³-hybridized carbons (Fsp3) is 0.167. The van der Waals surface area contributed by atoms with E-state index in [0.29, 0.717) is 4.47 Å². The summed E-state index contributed by atoms with van der Waals surface area (Å²) < 4.78 is 34.1. The molecule has 0 aromatic carbocycles. The highest BCUT2D eigenvalue weighted by molar-refractivity contribution is 9.10. The van der Waals surface area contributed by atoms with Crippen molar-refractivity contribution in [3.05, 3.63) is 28.2 Å². The van der Waals surface area contributed by atoms with E-state index >= 15 is 0 Å². The monoisotopic (exact) mass is 192 g/mol. The van der Waals surface area contributed by atoms with E-state index in [1.54, 1.807) is 0 Å². The van der Waals surface area contributed by atoms with Gasteiger partial charge in [-0.05, 0) is 28.8 Å². The van der Waals surface area contributed by atoms with E-state index in [0.717, 1.165) is 0 Å². The first-order chi connectivity index (χ1) is 5.41. The van der Waals surface area contributed by atoms with Crippen molar-refractivity contribution in [1.29, 1.82) is 0 Å². The summed E-state index contributed by atoms with van der Waals surface area (Å²) >= 11 is 3.01. The first-order valence-corrected chi connectivity index (χ1v) is 3.02. The van der Waals surface area contributed by atoms with Crippen LogP contribution in [0, 0.1) is 12.8 Å². The van der Waals surface area contributed by atoms with Gasteiger partial charge in [0.25, 0.3) is 0 Å². The molecule has 0 saturated heterocycles. The Morgan fingerprint density at radius 1 is 1.89 bits per heavy atom. The number of hydrogen-bond acceptors (Lipinski definition) is 1. The molecular formula is C6H5BrFN. The van der Waals surface area contributed by atoms with Gasteiger partial charge >= 0.3 is 0 Å².